The van der Waals surface area contributed by atoms with Gasteiger partial charge in [-0.3, -0.25) is 4.90 Å². The predicted molar refractivity (Wildman–Crippen MR) is 108 cm³/mol. The first kappa shape index (κ1) is 21.5. The van der Waals surface area contributed by atoms with E-state index in [0.29, 0.717) is 12.5 Å². The van der Waals surface area contributed by atoms with Gasteiger partial charge in [0.15, 0.2) is 0 Å². The third kappa shape index (κ3) is 5.65. The molecule has 0 aliphatic carbocycles. The van der Waals surface area contributed by atoms with Gasteiger partial charge in [0.1, 0.15) is 22.3 Å². The summed E-state index contributed by atoms with van der Waals surface area (Å²) in [4.78, 5) is 3.90. The summed E-state index contributed by atoms with van der Waals surface area (Å²) in [5.41, 5.74) is 1.15. The van der Waals surface area contributed by atoms with Crippen molar-refractivity contribution in [3.05, 3.63) is 54.1 Å². The van der Waals surface area contributed by atoms with Crippen molar-refractivity contribution in [1.29, 1.82) is 0 Å². The maximum Gasteiger partial charge on any atom is 0.243 e. The fourth-order valence-corrected chi connectivity index (χ4v) is 4.45. The van der Waals surface area contributed by atoms with Crippen molar-refractivity contribution >= 4 is 15.7 Å². The Bertz CT molecular complexity index is 915. The molecule has 3 rings (SSSR count). The van der Waals surface area contributed by atoms with Crippen LogP contribution < -0.4 is 14.4 Å². The molecule has 0 spiro atoms. The molecule has 2 aromatic carbocycles. The number of anilines is 1. The lowest BCUT2D eigenvalue weighted by molar-refractivity contribution is 0.255. The van der Waals surface area contributed by atoms with E-state index in [-0.39, 0.29) is 6.54 Å². The predicted octanol–water partition coefficient (Wildman–Crippen LogP) is 2.46. The van der Waals surface area contributed by atoms with Crippen molar-refractivity contribution in [1.82, 2.24) is 9.62 Å². The van der Waals surface area contributed by atoms with E-state index in [9.17, 15) is 17.2 Å². The zero-order chi connectivity index (χ0) is 20.9. The normalized spacial score (nSPS) is 15.5. The van der Waals surface area contributed by atoms with Crippen LogP contribution in [0.2, 0.25) is 0 Å². The van der Waals surface area contributed by atoms with Crippen LogP contribution in [0.1, 0.15) is 6.42 Å². The van der Waals surface area contributed by atoms with E-state index in [2.05, 4.69) is 14.5 Å². The van der Waals surface area contributed by atoms with Crippen LogP contribution in [0, 0.1) is 11.6 Å². The van der Waals surface area contributed by atoms with E-state index in [1.54, 1.807) is 7.11 Å². The monoisotopic (exact) mass is 425 g/mol. The van der Waals surface area contributed by atoms with Gasteiger partial charge >= 0.3 is 0 Å². The van der Waals surface area contributed by atoms with Crippen molar-refractivity contribution in [2.75, 3.05) is 51.3 Å². The molecule has 0 unspecified atom stereocenters. The van der Waals surface area contributed by atoms with Gasteiger partial charge in [-0.25, -0.2) is 21.9 Å². The number of nitrogens with one attached hydrogen (secondary N) is 1. The molecule has 1 aliphatic rings. The molecule has 0 radical (unpaired) electrons. The number of benzene rings is 2. The number of hydrogen-bond donors (Lipinski definition) is 1. The first-order chi connectivity index (χ1) is 13.9. The summed E-state index contributed by atoms with van der Waals surface area (Å²) >= 11 is 0. The van der Waals surface area contributed by atoms with Crippen LogP contribution in [0.3, 0.4) is 0 Å². The Labute approximate surface area is 170 Å². The van der Waals surface area contributed by atoms with Gasteiger partial charge in [0.2, 0.25) is 10.0 Å². The fourth-order valence-electron chi connectivity index (χ4n) is 3.29. The molecule has 1 fully saturated rings. The minimum Gasteiger partial charge on any atom is -0.497 e. The standard InChI is InChI=1S/C20H25F2N3O3S/c1-28-18-6-4-17(5-7-18)25-13-11-24(12-14-25)10-2-9-23-29(26,27)20-15-16(21)3-8-19(20)22/h3-8,15,23H,2,9-14H2,1H3. The van der Waals surface area contributed by atoms with Gasteiger partial charge < -0.3 is 9.64 Å². The molecular formula is C20H25F2N3O3S. The number of rotatable bonds is 8. The number of halogens is 2. The molecule has 6 nitrogen and oxygen atoms in total. The number of piperazine rings is 1. The van der Waals surface area contributed by atoms with Crippen LogP contribution in [0.5, 0.6) is 5.75 Å². The summed E-state index contributed by atoms with van der Waals surface area (Å²) in [7, 11) is -2.43. The number of nitrogens with zero attached hydrogens (tertiary/aromatic N) is 2. The van der Waals surface area contributed by atoms with E-state index in [0.717, 1.165) is 56.3 Å². The molecule has 0 saturated carbocycles. The quantitative estimate of drug-likeness (QED) is 0.659. The van der Waals surface area contributed by atoms with Crippen LogP contribution in [-0.2, 0) is 10.0 Å². The Balaban J connectivity index is 1.42. The highest BCUT2D eigenvalue weighted by atomic mass is 32.2. The first-order valence-corrected chi connectivity index (χ1v) is 10.9. The highest BCUT2D eigenvalue weighted by Gasteiger charge is 2.20. The Hall–Kier alpha value is -2.23. The summed E-state index contributed by atoms with van der Waals surface area (Å²) in [6, 6.07) is 10.3. The zero-order valence-corrected chi connectivity index (χ0v) is 17.1. The third-order valence-electron chi connectivity index (χ3n) is 4.94. The van der Waals surface area contributed by atoms with E-state index in [1.165, 1.54) is 0 Å². The Kier molecular flexibility index (Phi) is 7.05. The third-order valence-corrected chi connectivity index (χ3v) is 6.41. The highest BCUT2D eigenvalue weighted by molar-refractivity contribution is 7.89. The molecule has 29 heavy (non-hydrogen) atoms. The first-order valence-electron chi connectivity index (χ1n) is 9.45. The van der Waals surface area contributed by atoms with Crippen LogP contribution >= 0.6 is 0 Å². The van der Waals surface area contributed by atoms with Gasteiger partial charge in [0.05, 0.1) is 7.11 Å². The van der Waals surface area contributed by atoms with Crippen molar-refractivity contribution < 1.29 is 21.9 Å². The van der Waals surface area contributed by atoms with Crippen molar-refractivity contribution in [3.8, 4) is 5.75 Å². The summed E-state index contributed by atoms with van der Waals surface area (Å²) in [6.45, 7) is 4.40. The average Bonchev–Trinajstić information content (AvgIpc) is 2.73. The summed E-state index contributed by atoms with van der Waals surface area (Å²) in [5.74, 6) is -0.928. The van der Waals surface area contributed by atoms with Crippen LogP contribution in [0.4, 0.5) is 14.5 Å². The second kappa shape index (κ2) is 9.51. The van der Waals surface area contributed by atoms with E-state index >= 15 is 0 Å². The Morgan fingerprint density at radius 2 is 1.72 bits per heavy atom. The molecule has 0 atom stereocenters. The molecule has 1 aliphatic heterocycles. The van der Waals surface area contributed by atoms with Gasteiger partial charge in [-0.15, -0.1) is 0 Å². The van der Waals surface area contributed by atoms with Crippen molar-refractivity contribution in [2.24, 2.45) is 0 Å². The van der Waals surface area contributed by atoms with E-state index in [4.69, 9.17) is 4.74 Å². The summed E-state index contributed by atoms with van der Waals surface area (Å²) in [6.07, 6.45) is 0.582. The lowest BCUT2D eigenvalue weighted by Crippen LogP contribution is -2.47. The molecule has 1 saturated heterocycles. The molecule has 2 aromatic rings. The topological polar surface area (TPSA) is 61.9 Å². The van der Waals surface area contributed by atoms with E-state index < -0.39 is 26.6 Å². The largest absolute Gasteiger partial charge is 0.497 e. The maximum absolute atomic E-state index is 13.7. The number of methoxy groups -OCH3 is 1. The number of sulfonamides is 1. The van der Waals surface area contributed by atoms with Gasteiger partial charge in [-0.1, -0.05) is 0 Å². The molecular weight excluding hydrogens is 400 g/mol. The molecule has 9 heteroatoms. The number of ether oxygens (including phenoxy) is 1. The molecule has 1 heterocycles. The van der Waals surface area contributed by atoms with Gasteiger partial charge in [0, 0.05) is 38.4 Å². The second-order valence-electron chi connectivity index (χ2n) is 6.85. The molecule has 1 N–H and O–H groups in total. The Morgan fingerprint density at radius 3 is 2.38 bits per heavy atom. The summed E-state index contributed by atoms with van der Waals surface area (Å²) < 4.78 is 58.7. The molecule has 0 bridgehead atoms. The SMILES string of the molecule is COc1ccc(N2CCN(CCCNS(=O)(=O)c3cc(F)ccc3F)CC2)cc1. The lowest BCUT2D eigenvalue weighted by atomic mass is 10.2. The van der Waals surface area contributed by atoms with Gasteiger partial charge in [-0.2, -0.15) is 0 Å². The second-order valence-corrected chi connectivity index (χ2v) is 8.59. The zero-order valence-electron chi connectivity index (χ0n) is 16.3. The van der Waals surface area contributed by atoms with Gasteiger partial charge in [-0.05, 0) is 55.4 Å². The number of hydrogen-bond acceptors (Lipinski definition) is 5. The average molecular weight is 426 g/mol. The van der Waals surface area contributed by atoms with Crippen LogP contribution in [0.25, 0.3) is 0 Å². The van der Waals surface area contributed by atoms with E-state index in [1.807, 2.05) is 24.3 Å². The smallest absolute Gasteiger partial charge is 0.243 e. The van der Waals surface area contributed by atoms with Crippen molar-refractivity contribution in [2.45, 2.75) is 11.3 Å². The Morgan fingerprint density at radius 1 is 1.03 bits per heavy atom. The lowest BCUT2D eigenvalue weighted by Gasteiger charge is -2.36. The highest BCUT2D eigenvalue weighted by Crippen LogP contribution is 2.20. The molecule has 0 amide bonds. The van der Waals surface area contributed by atoms with Gasteiger partial charge in [0.25, 0.3) is 0 Å². The maximum atomic E-state index is 13.7. The minimum absolute atomic E-state index is 0.164. The fraction of sp³-hybridized carbons (Fsp3) is 0.400. The minimum atomic E-state index is -4.07. The van der Waals surface area contributed by atoms with Crippen LogP contribution in [0.15, 0.2) is 47.4 Å². The molecule has 158 valence electrons. The molecule has 0 aromatic heterocycles. The van der Waals surface area contributed by atoms with Crippen molar-refractivity contribution in [3.63, 3.8) is 0 Å². The van der Waals surface area contributed by atoms with Crippen LogP contribution in [-0.4, -0.2) is 59.7 Å². The summed E-state index contributed by atoms with van der Waals surface area (Å²) in [5, 5.41) is 0.